The van der Waals surface area contributed by atoms with E-state index < -0.39 is 17.7 Å². The lowest BCUT2D eigenvalue weighted by Crippen LogP contribution is -2.46. The fourth-order valence-corrected chi connectivity index (χ4v) is 1.87. The predicted octanol–water partition coefficient (Wildman–Crippen LogP) is 3.62. The van der Waals surface area contributed by atoms with Gasteiger partial charge in [0.15, 0.2) is 5.78 Å². The molecule has 0 aliphatic rings. The van der Waals surface area contributed by atoms with Gasteiger partial charge in [-0.15, -0.1) is 11.6 Å². The van der Waals surface area contributed by atoms with E-state index in [1.54, 1.807) is 52.0 Å². The van der Waals surface area contributed by atoms with Crippen LogP contribution in [-0.4, -0.2) is 29.4 Å². The van der Waals surface area contributed by atoms with Crippen LogP contribution in [0.15, 0.2) is 30.3 Å². The molecule has 1 atom stereocenters. The number of alkyl halides is 1. The summed E-state index contributed by atoms with van der Waals surface area (Å²) in [5.74, 6) is -0.380. The van der Waals surface area contributed by atoms with Crippen molar-refractivity contribution in [3.63, 3.8) is 0 Å². The Labute approximate surface area is 124 Å². The molecule has 0 bridgehead atoms. The molecule has 1 amide bonds. The van der Waals surface area contributed by atoms with E-state index in [1.165, 1.54) is 4.90 Å². The van der Waals surface area contributed by atoms with Gasteiger partial charge >= 0.3 is 6.09 Å². The first-order valence-corrected chi connectivity index (χ1v) is 6.95. The van der Waals surface area contributed by atoms with Crippen molar-refractivity contribution < 1.29 is 14.3 Å². The summed E-state index contributed by atoms with van der Waals surface area (Å²) in [4.78, 5) is 25.5. The van der Waals surface area contributed by atoms with Gasteiger partial charge in [0, 0.05) is 5.69 Å². The van der Waals surface area contributed by atoms with E-state index in [2.05, 4.69) is 0 Å². The van der Waals surface area contributed by atoms with Crippen molar-refractivity contribution in [1.82, 2.24) is 0 Å². The Hall–Kier alpha value is -1.55. The summed E-state index contributed by atoms with van der Waals surface area (Å²) in [7, 11) is 0. The highest BCUT2D eigenvalue weighted by molar-refractivity contribution is 6.28. The number of carbonyl (C=O) groups excluding carboxylic acids is 2. The third-order valence-corrected chi connectivity index (χ3v) is 2.87. The number of para-hydroxylation sites is 1. The molecule has 1 rings (SSSR count). The molecule has 1 unspecified atom stereocenters. The Morgan fingerprint density at radius 1 is 1.25 bits per heavy atom. The summed E-state index contributed by atoms with van der Waals surface area (Å²) in [6.45, 7) is 6.98. The number of ether oxygens (including phenoxy) is 1. The fraction of sp³-hybridized carbons (Fsp3) is 0.467. The van der Waals surface area contributed by atoms with Crippen molar-refractivity contribution in [3.05, 3.63) is 30.3 Å². The number of carbonyl (C=O) groups is 2. The van der Waals surface area contributed by atoms with Crippen LogP contribution in [0, 0.1) is 0 Å². The number of hydrogen-bond acceptors (Lipinski definition) is 3. The lowest BCUT2D eigenvalue weighted by molar-refractivity contribution is -0.117. The van der Waals surface area contributed by atoms with Crippen LogP contribution in [0.2, 0.25) is 0 Å². The SMILES string of the molecule is CC(C(=O)CCl)N(C(=O)OC(C)(C)C)c1ccccc1. The van der Waals surface area contributed by atoms with E-state index in [4.69, 9.17) is 16.3 Å². The molecule has 0 spiro atoms. The molecular weight excluding hydrogens is 278 g/mol. The van der Waals surface area contributed by atoms with Crippen molar-refractivity contribution in [1.29, 1.82) is 0 Å². The molecule has 20 heavy (non-hydrogen) atoms. The van der Waals surface area contributed by atoms with Gasteiger partial charge in [0.05, 0.1) is 11.9 Å². The average Bonchev–Trinajstić information content (AvgIpc) is 2.37. The maximum Gasteiger partial charge on any atom is 0.415 e. The van der Waals surface area contributed by atoms with E-state index >= 15 is 0 Å². The molecule has 0 N–H and O–H groups in total. The minimum atomic E-state index is -0.676. The number of anilines is 1. The first kappa shape index (κ1) is 16.5. The zero-order chi connectivity index (χ0) is 15.3. The Balaban J connectivity index is 3.08. The Morgan fingerprint density at radius 2 is 1.80 bits per heavy atom. The highest BCUT2D eigenvalue weighted by Gasteiger charge is 2.30. The Bertz CT molecular complexity index is 468. The molecule has 0 radical (unpaired) electrons. The maximum atomic E-state index is 12.3. The van der Waals surface area contributed by atoms with Crippen molar-refractivity contribution in [2.24, 2.45) is 0 Å². The second-order valence-electron chi connectivity index (χ2n) is 5.46. The van der Waals surface area contributed by atoms with E-state index in [0.717, 1.165) is 0 Å². The molecule has 0 aliphatic carbocycles. The molecule has 0 saturated carbocycles. The fourth-order valence-electron chi connectivity index (χ4n) is 1.64. The molecule has 0 aromatic heterocycles. The highest BCUT2D eigenvalue weighted by atomic mass is 35.5. The van der Waals surface area contributed by atoms with Gasteiger partial charge in [-0.1, -0.05) is 18.2 Å². The number of ketones is 1. The highest BCUT2D eigenvalue weighted by Crippen LogP contribution is 2.21. The molecule has 0 aliphatic heterocycles. The van der Waals surface area contributed by atoms with Gasteiger partial charge in [0.25, 0.3) is 0 Å². The first-order valence-electron chi connectivity index (χ1n) is 6.42. The number of Topliss-reactive ketones (excluding diaryl/α,β-unsaturated/α-hetero) is 1. The van der Waals surface area contributed by atoms with Crippen LogP contribution in [-0.2, 0) is 9.53 Å². The Morgan fingerprint density at radius 3 is 2.25 bits per heavy atom. The summed E-state index contributed by atoms with van der Waals surface area (Å²) in [5.41, 5.74) is -0.0267. The number of amides is 1. The van der Waals surface area contributed by atoms with Crippen molar-refractivity contribution in [2.45, 2.75) is 39.3 Å². The summed E-state index contributed by atoms with van der Waals surface area (Å²) in [6, 6.07) is 8.26. The van der Waals surface area contributed by atoms with Crippen LogP contribution >= 0.6 is 11.6 Å². The second kappa shape index (κ2) is 6.75. The monoisotopic (exact) mass is 297 g/mol. The van der Waals surface area contributed by atoms with E-state index in [1.807, 2.05) is 6.07 Å². The zero-order valence-electron chi connectivity index (χ0n) is 12.2. The van der Waals surface area contributed by atoms with Gasteiger partial charge in [-0.25, -0.2) is 4.79 Å². The third kappa shape index (κ3) is 4.53. The second-order valence-corrected chi connectivity index (χ2v) is 5.73. The lowest BCUT2D eigenvalue weighted by Gasteiger charge is -2.30. The quantitative estimate of drug-likeness (QED) is 0.797. The minimum Gasteiger partial charge on any atom is -0.443 e. The van der Waals surface area contributed by atoms with Gasteiger partial charge in [-0.2, -0.15) is 0 Å². The summed E-state index contributed by atoms with van der Waals surface area (Å²) in [6.07, 6.45) is -0.560. The molecule has 1 aromatic carbocycles. The van der Waals surface area contributed by atoms with Crippen LogP contribution in [0.4, 0.5) is 10.5 Å². The summed E-state index contributed by atoms with van der Waals surface area (Å²) >= 11 is 5.59. The molecule has 0 heterocycles. The smallest absolute Gasteiger partial charge is 0.415 e. The van der Waals surface area contributed by atoms with Crippen molar-refractivity contribution >= 4 is 29.2 Å². The number of nitrogens with zero attached hydrogens (tertiary/aromatic N) is 1. The third-order valence-electron chi connectivity index (χ3n) is 2.61. The maximum absolute atomic E-state index is 12.3. The van der Waals surface area contributed by atoms with Crippen molar-refractivity contribution in [2.75, 3.05) is 10.8 Å². The first-order chi connectivity index (χ1) is 9.26. The van der Waals surface area contributed by atoms with Gasteiger partial charge in [0.1, 0.15) is 5.60 Å². The van der Waals surface area contributed by atoms with Gasteiger partial charge in [-0.05, 0) is 39.8 Å². The van der Waals surface area contributed by atoms with Gasteiger partial charge in [-0.3, -0.25) is 9.69 Å². The van der Waals surface area contributed by atoms with Gasteiger partial charge in [0.2, 0.25) is 0 Å². The van der Waals surface area contributed by atoms with Crippen LogP contribution in [0.3, 0.4) is 0 Å². The van der Waals surface area contributed by atoms with Crippen LogP contribution < -0.4 is 4.90 Å². The van der Waals surface area contributed by atoms with Crippen LogP contribution in [0.25, 0.3) is 0 Å². The van der Waals surface area contributed by atoms with E-state index in [0.29, 0.717) is 5.69 Å². The molecule has 0 fully saturated rings. The summed E-state index contributed by atoms with van der Waals surface area (Å²) < 4.78 is 5.36. The molecule has 4 nitrogen and oxygen atoms in total. The Kier molecular flexibility index (Phi) is 5.57. The van der Waals surface area contributed by atoms with Gasteiger partial charge < -0.3 is 4.74 Å². The molecule has 110 valence electrons. The molecule has 0 saturated heterocycles. The predicted molar refractivity (Wildman–Crippen MR) is 80.3 cm³/mol. The number of benzene rings is 1. The molecule has 1 aromatic rings. The summed E-state index contributed by atoms with van der Waals surface area (Å²) in [5, 5.41) is 0. The average molecular weight is 298 g/mol. The molecular formula is C15H20ClNO3. The standard InChI is InChI=1S/C15H20ClNO3/c1-11(13(18)10-16)17(12-8-6-5-7-9-12)14(19)20-15(2,3)4/h5-9,11H,10H2,1-4H3. The van der Waals surface area contributed by atoms with E-state index in [9.17, 15) is 9.59 Å². The van der Waals surface area contributed by atoms with E-state index in [-0.39, 0.29) is 11.7 Å². The number of halogens is 1. The lowest BCUT2D eigenvalue weighted by atomic mass is 10.1. The van der Waals surface area contributed by atoms with Crippen LogP contribution in [0.1, 0.15) is 27.7 Å². The minimum absolute atomic E-state index is 0.146. The largest absolute Gasteiger partial charge is 0.443 e. The zero-order valence-corrected chi connectivity index (χ0v) is 13.0. The molecule has 5 heteroatoms. The normalized spacial score (nSPS) is 12.7. The topological polar surface area (TPSA) is 46.6 Å². The van der Waals surface area contributed by atoms with Crippen LogP contribution in [0.5, 0.6) is 0 Å². The number of hydrogen-bond donors (Lipinski definition) is 0. The van der Waals surface area contributed by atoms with Crippen molar-refractivity contribution in [3.8, 4) is 0 Å². The number of rotatable bonds is 4.